The molecule has 2 N–H and O–H groups in total. The maximum Gasteiger partial charge on any atom is 0.435 e. The highest BCUT2D eigenvalue weighted by atomic mass is 19.4. The lowest BCUT2D eigenvalue weighted by atomic mass is 10.0. The summed E-state index contributed by atoms with van der Waals surface area (Å²) in [7, 11) is 1.31. The first-order valence-corrected chi connectivity index (χ1v) is 7.05. The molecule has 2 aromatic heterocycles. The first kappa shape index (κ1) is 18.5. The Hall–Kier alpha value is -2.85. The molecule has 2 aromatic rings. The highest BCUT2D eigenvalue weighted by Crippen LogP contribution is 2.31. The third-order valence-corrected chi connectivity index (χ3v) is 2.98. The standard InChI is InChI=1S/C14H16F3N5O3/c1-13(2,25-12(18)23)5-8-6-19-7-10(20-8)24-11-4-9(14(15,16)17)21-22(11)3/h4,6-7H,5H2,1-3H3,(H2,18,23). The van der Waals surface area contributed by atoms with Crippen LogP contribution in [0.3, 0.4) is 0 Å². The number of hydrogen-bond donors (Lipinski definition) is 1. The van der Waals surface area contributed by atoms with E-state index >= 15 is 0 Å². The lowest BCUT2D eigenvalue weighted by Gasteiger charge is -2.23. The SMILES string of the molecule is Cn1nc(C(F)(F)F)cc1Oc1cncc(CC(C)(C)OC(N)=O)n1. The molecule has 0 radical (unpaired) electrons. The van der Waals surface area contributed by atoms with Crippen molar-refractivity contribution >= 4 is 6.09 Å². The van der Waals surface area contributed by atoms with Gasteiger partial charge in [-0.05, 0) is 13.8 Å². The van der Waals surface area contributed by atoms with Crippen molar-refractivity contribution in [2.45, 2.75) is 32.0 Å². The fourth-order valence-corrected chi connectivity index (χ4v) is 2.06. The van der Waals surface area contributed by atoms with Crippen molar-refractivity contribution in [3.63, 3.8) is 0 Å². The molecule has 0 aromatic carbocycles. The zero-order chi connectivity index (χ0) is 18.8. The smallest absolute Gasteiger partial charge is 0.435 e. The van der Waals surface area contributed by atoms with Gasteiger partial charge in [0.25, 0.3) is 0 Å². The molecule has 0 saturated carbocycles. The number of alkyl halides is 3. The number of ether oxygens (including phenoxy) is 2. The number of amides is 1. The third kappa shape index (κ3) is 5.06. The zero-order valence-corrected chi connectivity index (χ0v) is 13.7. The molecule has 0 spiro atoms. The minimum absolute atomic E-state index is 0.0240. The maximum absolute atomic E-state index is 12.7. The summed E-state index contributed by atoms with van der Waals surface area (Å²) in [5, 5.41) is 3.34. The summed E-state index contributed by atoms with van der Waals surface area (Å²) in [6, 6.07) is 0.758. The average Bonchev–Trinajstić information content (AvgIpc) is 2.78. The Balaban J connectivity index is 2.17. The van der Waals surface area contributed by atoms with Crippen LogP contribution in [-0.4, -0.2) is 31.4 Å². The number of hydrogen-bond acceptors (Lipinski definition) is 6. The van der Waals surface area contributed by atoms with Gasteiger partial charge < -0.3 is 15.2 Å². The van der Waals surface area contributed by atoms with E-state index in [4.69, 9.17) is 15.2 Å². The Labute approximate surface area is 140 Å². The van der Waals surface area contributed by atoms with E-state index in [9.17, 15) is 18.0 Å². The Kier molecular flexibility index (Phi) is 4.86. The Bertz CT molecular complexity index is 773. The summed E-state index contributed by atoms with van der Waals surface area (Å²) < 4.78 is 49.2. The van der Waals surface area contributed by atoms with Crippen LogP contribution in [0, 0.1) is 0 Å². The molecule has 0 bridgehead atoms. The molecule has 11 heteroatoms. The topological polar surface area (TPSA) is 105 Å². The van der Waals surface area contributed by atoms with Crippen LogP contribution in [0.5, 0.6) is 11.8 Å². The Morgan fingerprint density at radius 3 is 2.56 bits per heavy atom. The molecule has 0 aliphatic rings. The minimum atomic E-state index is -4.58. The molecule has 0 atom stereocenters. The van der Waals surface area contributed by atoms with Gasteiger partial charge in [0.15, 0.2) is 5.69 Å². The number of aryl methyl sites for hydroxylation is 1. The summed E-state index contributed by atoms with van der Waals surface area (Å²) in [6.45, 7) is 3.26. The molecule has 2 heterocycles. The summed E-state index contributed by atoms with van der Waals surface area (Å²) in [4.78, 5) is 18.9. The number of rotatable bonds is 5. The number of aromatic nitrogens is 4. The second-order valence-corrected chi connectivity index (χ2v) is 5.80. The van der Waals surface area contributed by atoms with Crippen LogP contribution in [0.15, 0.2) is 18.5 Å². The summed E-state index contributed by atoms with van der Waals surface area (Å²) in [5.41, 5.74) is 3.39. The second-order valence-electron chi connectivity index (χ2n) is 5.80. The predicted molar refractivity (Wildman–Crippen MR) is 78.8 cm³/mol. The van der Waals surface area contributed by atoms with Crippen molar-refractivity contribution in [3.8, 4) is 11.8 Å². The van der Waals surface area contributed by atoms with Crippen LogP contribution in [0.25, 0.3) is 0 Å². The quantitative estimate of drug-likeness (QED) is 0.879. The van der Waals surface area contributed by atoms with E-state index in [1.165, 1.54) is 19.4 Å². The number of nitrogens with zero attached hydrogens (tertiary/aromatic N) is 4. The third-order valence-electron chi connectivity index (χ3n) is 2.98. The van der Waals surface area contributed by atoms with Crippen LogP contribution in [0.2, 0.25) is 0 Å². The number of primary amides is 1. The predicted octanol–water partition coefficient (Wildman–Crippen LogP) is 2.44. The van der Waals surface area contributed by atoms with Gasteiger partial charge in [0.2, 0.25) is 11.8 Å². The van der Waals surface area contributed by atoms with E-state index in [0.29, 0.717) is 5.69 Å². The van der Waals surface area contributed by atoms with Gasteiger partial charge in [-0.1, -0.05) is 0 Å². The van der Waals surface area contributed by atoms with Crippen molar-refractivity contribution < 1.29 is 27.4 Å². The fourth-order valence-electron chi connectivity index (χ4n) is 2.06. The van der Waals surface area contributed by atoms with Gasteiger partial charge in [0.1, 0.15) is 5.60 Å². The number of carbonyl (C=O) groups excluding carboxylic acids is 1. The summed E-state index contributed by atoms with van der Waals surface area (Å²) >= 11 is 0. The van der Waals surface area contributed by atoms with Crippen LogP contribution in [0.4, 0.5) is 18.0 Å². The van der Waals surface area contributed by atoms with Crippen LogP contribution in [-0.2, 0) is 24.4 Å². The minimum Gasteiger partial charge on any atom is -0.443 e. The lowest BCUT2D eigenvalue weighted by Crippen LogP contribution is -2.33. The van der Waals surface area contributed by atoms with Crippen LogP contribution >= 0.6 is 0 Å². The largest absolute Gasteiger partial charge is 0.443 e. The molecule has 0 saturated heterocycles. The lowest BCUT2D eigenvalue weighted by molar-refractivity contribution is -0.141. The van der Waals surface area contributed by atoms with Crippen LogP contribution < -0.4 is 10.5 Å². The molecule has 0 aliphatic carbocycles. The molecular weight excluding hydrogens is 343 g/mol. The van der Waals surface area contributed by atoms with Crippen molar-refractivity contribution in [3.05, 3.63) is 29.8 Å². The van der Waals surface area contributed by atoms with Gasteiger partial charge >= 0.3 is 12.3 Å². The highest BCUT2D eigenvalue weighted by Gasteiger charge is 2.35. The van der Waals surface area contributed by atoms with Gasteiger partial charge in [-0.2, -0.15) is 18.3 Å². The number of halogens is 3. The van der Waals surface area contributed by atoms with E-state index in [-0.39, 0.29) is 18.2 Å². The zero-order valence-electron chi connectivity index (χ0n) is 13.7. The van der Waals surface area contributed by atoms with Gasteiger partial charge in [0, 0.05) is 25.7 Å². The summed E-state index contributed by atoms with van der Waals surface area (Å²) in [6.07, 6.45) is -2.67. The molecule has 1 amide bonds. The highest BCUT2D eigenvalue weighted by molar-refractivity contribution is 5.65. The van der Waals surface area contributed by atoms with E-state index in [1.807, 2.05) is 0 Å². The molecule has 136 valence electrons. The van der Waals surface area contributed by atoms with Gasteiger partial charge in [-0.15, -0.1) is 0 Å². The van der Waals surface area contributed by atoms with Crippen molar-refractivity contribution in [2.75, 3.05) is 0 Å². The van der Waals surface area contributed by atoms with Crippen LogP contribution in [0.1, 0.15) is 25.2 Å². The van der Waals surface area contributed by atoms with Gasteiger partial charge in [-0.3, -0.25) is 4.98 Å². The monoisotopic (exact) mass is 359 g/mol. The van der Waals surface area contributed by atoms with E-state index in [0.717, 1.165) is 10.7 Å². The van der Waals surface area contributed by atoms with Crippen molar-refractivity contribution in [2.24, 2.45) is 12.8 Å². The summed E-state index contributed by atoms with van der Waals surface area (Å²) in [5.74, 6) is -0.171. The molecule has 0 aliphatic heterocycles. The van der Waals surface area contributed by atoms with Gasteiger partial charge in [0.05, 0.1) is 11.9 Å². The molecule has 25 heavy (non-hydrogen) atoms. The van der Waals surface area contributed by atoms with E-state index in [1.54, 1.807) is 13.8 Å². The normalized spacial score (nSPS) is 12.1. The fraction of sp³-hybridized carbons (Fsp3) is 0.429. The number of nitrogens with two attached hydrogens (primary N) is 1. The molecule has 8 nitrogen and oxygen atoms in total. The molecular formula is C14H16F3N5O3. The Morgan fingerprint density at radius 2 is 2.00 bits per heavy atom. The van der Waals surface area contributed by atoms with Gasteiger partial charge in [-0.25, -0.2) is 14.5 Å². The first-order valence-electron chi connectivity index (χ1n) is 7.05. The molecule has 0 unspecified atom stereocenters. The molecule has 2 rings (SSSR count). The average molecular weight is 359 g/mol. The number of carbonyl (C=O) groups is 1. The Morgan fingerprint density at radius 1 is 1.32 bits per heavy atom. The maximum atomic E-state index is 12.7. The van der Waals surface area contributed by atoms with E-state index < -0.39 is 23.6 Å². The first-order chi connectivity index (χ1) is 11.5. The van der Waals surface area contributed by atoms with Crippen molar-refractivity contribution in [1.29, 1.82) is 0 Å². The van der Waals surface area contributed by atoms with E-state index in [2.05, 4.69) is 15.1 Å². The molecule has 0 fully saturated rings. The van der Waals surface area contributed by atoms with Crippen molar-refractivity contribution in [1.82, 2.24) is 19.7 Å². The second kappa shape index (κ2) is 6.57.